The minimum Gasteiger partial charge on any atom is -0.478 e. The van der Waals surface area contributed by atoms with E-state index < -0.39 is 12.1 Å². The van der Waals surface area contributed by atoms with Crippen LogP contribution in [0.3, 0.4) is 0 Å². The monoisotopic (exact) mass is 322 g/mol. The summed E-state index contributed by atoms with van der Waals surface area (Å²) < 4.78 is 5.37. The van der Waals surface area contributed by atoms with Gasteiger partial charge in [-0.1, -0.05) is 0 Å². The number of nitrogens with zero attached hydrogens (tertiary/aromatic N) is 4. The van der Waals surface area contributed by atoms with E-state index in [4.69, 9.17) is 10.5 Å². The molecule has 1 saturated heterocycles. The van der Waals surface area contributed by atoms with Gasteiger partial charge in [-0.25, -0.2) is 9.78 Å². The summed E-state index contributed by atoms with van der Waals surface area (Å²) in [4.78, 5) is 35.3. The molecule has 126 valence electrons. The Morgan fingerprint density at radius 3 is 2.70 bits per heavy atom. The number of ether oxygens (including phenoxy) is 1. The molecule has 3 amide bonds. The first kappa shape index (κ1) is 16.8. The van der Waals surface area contributed by atoms with Crippen LogP contribution in [0.2, 0.25) is 0 Å². The van der Waals surface area contributed by atoms with Crippen molar-refractivity contribution in [3.8, 4) is 5.88 Å². The maximum absolute atomic E-state index is 12.2. The molecular formula is C14H22N6O3. The lowest BCUT2D eigenvalue weighted by Crippen LogP contribution is -2.55. The van der Waals surface area contributed by atoms with Crippen molar-refractivity contribution in [3.63, 3.8) is 0 Å². The summed E-state index contributed by atoms with van der Waals surface area (Å²) in [7, 11) is 0. The number of rotatable bonds is 5. The fourth-order valence-electron chi connectivity index (χ4n) is 2.39. The second-order valence-electron chi connectivity index (χ2n) is 5.17. The van der Waals surface area contributed by atoms with Crippen molar-refractivity contribution in [2.75, 3.05) is 37.7 Å². The van der Waals surface area contributed by atoms with Crippen molar-refractivity contribution in [2.45, 2.75) is 19.9 Å². The Balaban J connectivity index is 1.92. The van der Waals surface area contributed by atoms with Gasteiger partial charge in [0.1, 0.15) is 6.04 Å². The molecule has 9 nitrogen and oxygen atoms in total. The molecule has 1 aromatic heterocycles. The van der Waals surface area contributed by atoms with E-state index in [1.165, 1.54) is 0 Å². The SMILES string of the molecule is CCOc1ccnc(N2CCN(C(=O)C(C)NC(N)=O)CC2)n1. The van der Waals surface area contributed by atoms with Gasteiger partial charge in [0.25, 0.3) is 0 Å². The van der Waals surface area contributed by atoms with E-state index in [1.54, 1.807) is 24.1 Å². The fourth-order valence-corrected chi connectivity index (χ4v) is 2.39. The van der Waals surface area contributed by atoms with Crippen molar-refractivity contribution in [1.29, 1.82) is 0 Å². The van der Waals surface area contributed by atoms with Gasteiger partial charge in [0.05, 0.1) is 6.61 Å². The van der Waals surface area contributed by atoms with E-state index in [2.05, 4.69) is 15.3 Å². The summed E-state index contributed by atoms with van der Waals surface area (Å²) >= 11 is 0. The van der Waals surface area contributed by atoms with Gasteiger partial charge in [-0.2, -0.15) is 4.98 Å². The van der Waals surface area contributed by atoms with Crippen LogP contribution in [0.4, 0.5) is 10.7 Å². The number of primary amides is 1. The highest BCUT2D eigenvalue weighted by molar-refractivity contribution is 5.86. The Morgan fingerprint density at radius 2 is 2.09 bits per heavy atom. The minimum atomic E-state index is -0.703. The van der Waals surface area contributed by atoms with Crippen LogP contribution in [0.15, 0.2) is 12.3 Å². The molecule has 9 heteroatoms. The molecule has 0 saturated carbocycles. The molecule has 1 aliphatic heterocycles. The smallest absolute Gasteiger partial charge is 0.312 e. The number of carbonyl (C=O) groups is 2. The number of piperazine rings is 1. The molecule has 1 fully saturated rings. The molecule has 2 rings (SSSR count). The lowest BCUT2D eigenvalue weighted by molar-refractivity contribution is -0.133. The first-order valence-electron chi connectivity index (χ1n) is 7.56. The van der Waals surface area contributed by atoms with E-state index in [0.717, 1.165) is 0 Å². The third-order valence-corrected chi connectivity index (χ3v) is 3.51. The van der Waals surface area contributed by atoms with Crippen molar-refractivity contribution < 1.29 is 14.3 Å². The molecule has 1 aliphatic rings. The Bertz CT molecular complexity index is 559. The molecule has 0 radical (unpaired) electrons. The second kappa shape index (κ2) is 7.61. The predicted octanol–water partition coefficient (Wildman–Crippen LogP) is -0.419. The molecule has 2 heterocycles. The largest absolute Gasteiger partial charge is 0.478 e. The van der Waals surface area contributed by atoms with Crippen LogP contribution in [0.1, 0.15) is 13.8 Å². The molecular weight excluding hydrogens is 300 g/mol. The van der Waals surface area contributed by atoms with E-state index in [0.29, 0.717) is 44.6 Å². The van der Waals surface area contributed by atoms with Crippen LogP contribution < -0.4 is 20.7 Å². The van der Waals surface area contributed by atoms with Crippen LogP contribution in [0, 0.1) is 0 Å². The predicted molar refractivity (Wildman–Crippen MR) is 84.2 cm³/mol. The molecule has 3 N–H and O–H groups in total. The fraction of sp³-hybridized carbons (Fsp3) is 0.571. The normalized spacial score (nSPS) is 15.9. The lowest BCUT2D eigenvalue weighted by Gasteiger charge is -2.35. The number of anilines is 1. The summed E-state index contributed by atoms with van der Waals surface area (Å²) in [6.07, 6.45) is 1.66. The van der Waals surface area contributed by atoms with Gasteiger partial charge in [0.15, 0.2) is 0 Å². The van der Waals surface area contributed by atoms with Gasteiger partial charge in [0.2, 0.25) is 17.7 Å². The highest BCUT2D eigenvalue weighted by Crippen LogP contribution is 2.15. The topological polar surface area (TPSA) is 114 Å². The number of amides is 3. The van der Waals surface area contributed by atoms with E-state index in [9.17, 15) is 9.59 Å². The molecule has 0 aromatic carbocycles. The summed E-state index contributed by atoms with van der Waals surface area (Å²) in [5.74, 6) is 0.981. The molecule has 1 atom stereocenters. The number of nitrogens with one attached hydrogen (secondary N) is 1. The molecule has 0 spiro atoms. The van der Waals surface area contributed by atoms with Gasteiger partial charge >= 0.3 is 6.03 Å². The lowest BCUT2D eigenvalue weighted by atomic mass is 10.2. The van der Waals surface area contributed by atoms with Gasteiger partial charge in [-0.05, 0) is 13.8 Å². The Morgan fingerprint density at radius 1 is 1.39 bits per heavy atom. The van der Waals surface area contributed by atoms with Crippen LogP contribution in [0.25, 0.3) is 0 Å². The quantitative estimate of drug-likeness (QED) is 0.761. The molecule has 1 unspecified atom stereocenters. The summed E-state index contributed by atoms with van der Waals surface area (Å²) in [6, 6.07) is 0.381. The Labute approximate surface area is 134 Å². The number of nitrogens with two attached hydrogens (primary N) is 1. The van der Waals surface area contributed by atoms with Crippen molar-refractivity contribution in [2.24, 2.45) is 5.73 Å². The van der Waals surface area contributed by atoms with Crippen LogP contribution in [-0.4, -0.2) is 65.6 Å². The van der Waals surface area contributed by atoms with Crippen LogP contribution in [-0.2, 0) is 4.79 Å². The number of carbonyl (C=O) groups excluding carboxylic acids is 2. The average molecular weight is 322 g/mol. The van der Waals surface area contributed by atoms with Gasteiger partial charge in [-0.3, -0.25) is 4.79 Å². The maximum Gasteiger partial charge on any atom is 0.312 e. The number of hydrogen-bond acceptors (Lipinski definition) is 6. The molecule has 0 bridgehead atoms. The van der Waals surface area contributed by atoms with Crippen LogP contribution >= 0.6 is 0 Å². The highest BCUT2D eigenvalue weighted by atomic mass is 16.5. The summed E-state index contributed by atoms with van der Waals surface area (Å²) in [6.45, 7) is 6.36. The van der Waals surface area contributed by atoms with Gasteiger partial charge in [-0.15, -0.1) is 0 Å². The third kappa shape index (κ3) is 4.44. The summed E-state index contributed by atoms with van der Waals surface area (Å²) in [5, 5.41) is 2.40. The Hall–Kier alpha value is -2.58. The summed E-state index contributed by atoms with van der Waals surface area (Å²) in [5.41, 5.74) is 5.04. The molecule has 1 aromatic rings. The average Bonchev–Trinajstić information content (AvgIpc) is 2.54. The van der Waals surface area contributed by atoms with Crippen molar-refractivity contribution in [3.05, 3.63) is 12.3 Å². The zero-order chi connectivity index (χ0) is 16.8. The van der Waals surface area contributed by atoms with Gasteiger partial charge < -0.3 is 25.6 Å². The minimum absolute atomic E-state index is 0.146. The van der Waals surface area contributed by atoms with Crippen molar-refractivity contribution in [1.82, 2.24) is 20.2 Å². The highest BCUT2D eigenvalue weighted by Gasteiger charge is 2.26. The first-order chi connectivity index (χ1) is 11.0. The first-order valence-corrected chi connectivity index (χ1v) is 7.56. The third-order valence-electron chi connectivity index (χ3n) is 3.51. The standard InChI is InChI=1S/C14H22N6O3/c1-3-23-11-4-5-16-14(18-11)20-8-6-19(7-9-20)12(21)10(2)17-13(15)22/h4-5,10H,3,6-9H2,1-2H3,(H3,15,17,22). The second-order valence-corrected chi connectivity index (χ2v) is 5.17. The Kier molecular flexibility index (Phi) is 5.56. The maximum atomic E-state index is 12.2. The number of hydrogen-bond donors (Lipinski definition) is 2. The molecule has 23 heavy (non-hydrogen) atoms. The number of urea groups is 1. The van der Waals surface area contributed by atoms with Crippen LogP contribution in [0.5, 0.6) is 5.88 Å². The van der Waals surface area contributed by atoms with E-state index >= 15 is 0 Å². The zero-order valence-corrected chi connectivity index (χ0v) is 13.4. The van der Waals surface area contributed by atoms with Gasteiger partial charge in [0, 0.05) is 38.4 Å². The van der Waals surface area contributed by atoms with E-state index in [1.807, 2.05) is 11.8 Å². The number of aromatic nitrogens is 2. The van der Waals surface area contributed by atoms with E-state index in [-0.39, 0.29) is 5.91 Å². The van der Waals surface area contributed by atoms with Crippen molar-refractivity contribution >= 4 is 17.9 Å². The zero-order valence-electron chi connectivity index (χ0n) is 13.4. The molecule has 0 aliphatic carbocycles.